The molecule has 0 spiro atoms. The van der Waals surface area contributed by atoms with E-state index < -0.39 is 0 Å². The Labute approximate surface area is 120 Å². The highest BCUT2D eigenvalue weighted by atomic mass is 32.1. The number of anilines is 1. The Hall–Kier alpha value is -1.35. The summed E-state index contributed by atoms with van der Waals surface area (Å²) in [5.41, 5.74) is 3.34. The molecule has 1 aromatic heterocycles. The number of rotatable bonds is 4. The molecule has 0 fully saturated rings. The van der Waals surface area contributed by atoms with Gasteiger partial charge in [0.25, 0.3) is 0 Å². The zero-order chi connectivity index (χ0) is 14.0. The lowest BCUT2D eigenvalue weighted by Crippen LogP contribution is -2.21. The van der Waals surface area contributed by atoms with Crippen LogP contribution in [0.2, 0.25) is 0 Å². The molecule has 0 aliphatic rings. The second-order valence-electron chi connectivity index (χ2n) is 5.03. The maximum absolute atomic E-state index is 5.72. The van der Waals surface area contributed by atoms with Crippen LogP contribution in [-0.2, 0) is 0 Å². The molecule has 0 radical (unpaired) electrons. The molecule has 2 aromatic rings. The van der Waals surface area contributed by atoms with Gasteiger partial charge in [-0.3, -0.25) is 0 Å². The number of fused-ring (bicyclic) bond motifs is 1. The van der Waals surface area contributed by atoms with E-state index in [9.17, 15) is 0 Å². The quantitative estimate of drug-likeness (QED) is 0.719. The molecule has 3 heteroatoms. The molecule has 1 aromatic carbocycles. The summed E-state index contributed by atoms with van der Waals surface area (Å²) in [7, 11) is 0. The number of hydrogen-bond donors (Lipinski definition) is 0. The summed E-state index contributed by atoms with van der Waals surface area (Å²) in [6, 6.07) is 8.39. The van der Waals surface area contributed by atoms with Crippen LogP contribution in [0.3, 0.4) is 0 Å². The maximum atomic E-state index is 5.72. The summed E-state index contributed by atoms with van der Waals surface area (Å²) in [6.45, 7) is 10.7. The Morgan fingerprint density at radius 3 is 2.42 bits per heavy atom. The van der Waals surface area contributed by atoms with Gasteiger partial charge < -0.3 is 9.32 Å². The van der Waals surface area contributed by atoms with Crippen LogP contribution in [0.4, 0.5) is 5.69 Å². The fraction of sp³-hybridized carbons (Fsp3) is 0.438. The van der Waals surface area contributed by atoms with E-state index in [1.807, 2.05) is 6.07 Å². The van der Waals surface area contributed by atoms with Crippen molar-refractivity contribution in [1.29, 1.82) is 0 Å². The van der Waals surface area contributed by atoms with Gasteiger partial charge in [-0.25, -0.2) is 0 Å². The second kappa shape index (κ2) is 5.74. The predicted molar refractivity (Wildman–Crippen MR) is 84.7 cm³/mol. The number of hydrogen-bond acceptors (Lipinski definition) is 3. The second-order valence-corrected chi connectivity index (χ2v) is 5.43. The standard InChI is InChI=1S/C16H21NOS/c1-5-17(6-2)12-7-8-13-14(11(3)4)10-16(19)18-15(13)9-12/h7-11H,5-6H2,1-4H3. The van der Waals surface area contributed by atoms with Crippen molar-refractivity contribution < 1.29 is 4.42 Å². The minimum Gasteiger partial charge on any atom is -0.445 e. The zero-order valence-electron chi connectivity index (χ0n) is 12.1. The minimum atomic E-state index is 0.444. The van der Waals surface area contributed by atoms with Gasteiger partial charge in [-0.05, 0) is 55.7 Å². The van der Waals surface area contributed by atoms with Gasteiger partial charge in [0.15, 0.2) is 4.71 Å². The van der Waals surface area contributed by atoms with Crippen molar-refractivity contribution in [3.63, 3.8) is 0 Å². The minimum absolute atomic E-state index is 0.444. The highest BCUT2D eigenvalue weighted by Gasteiger charge is 2.10. The maximum Gasteiger partial charge on any atom is 0.191 e. The van der Waals surface area contributed by atoms with E-state index in [1.54, 1.807) is 0 Å². The van der Waals surface area contributed by atoms with Crippen LogP contribution < -0.4 is 4.90 Å². The molecule has 0 aliphatic carbocycles. The largest absolute Gasteiger partial charge is 0.445 e. The molecule has 0 saturated heterocycles. The summed E-state index contributed by atoms with van der Waals surface area (Å²) in [5.74, 6) is 0.444. The summed E-state index contributed by atoms with van der Waals surface area (Å²) in [6.07, 6.45) is 0. The molecule has 0 aliphatic heterocycles. The molecule has 0 atom stereocenters. The third-order valence-corrected chi connectivity index (χ3v) is 3.71. The topological polar surface area (TPSA) is 16.4 Å². The monoisotopic (exact) mass is 275 g/mol. The average Bonchev–Trinajstić information content (AvgIpc) is 2.38. The molecule has 1 heterocycles. The number of nitrogens with zero attached hydrogens (tertiary/aromatic N) is 1. The molecular weight excluding hydrogens is 254 g/mol. The van der Waals surface area contributed by atoms with Crippen LogP contribution in [-0.4, -0.2) is 13.1 Å². The third-order valence-electron chi connectivity index (χ3n) is 3.51. The molecule has 102 valence electrons. The van der Waals surface area contributed by atoms with Crippen LogP contribution in [0.25, 0.3) is 11.0 Å². The first-order valence-electron chi connectivity index (χ1n) is 6.89. The Morgan fingerprint density at radius 1 is 1.16 bits per heavy atom. The lowest BCUT2D eigenvalue weighted by molar-refractivity contribution is 0.582. The highest BCUT2D eigenvalue weighted by molar-refractivity contribution is 7.71. The van der Waals surface area contributed by atoms with Gasteiger partial charge in [0.2, 0.25) is 0 Å². The van der Waals surface area contributed by atoms with Crippen molar-refractivity contribution in [3.8, 4) is 0 Å². The van der Waals surface area contributed by atoms with E-state index in [1.165, 1.54) is 16.6 Å². The Balaban J connectivity index is 2.64. The molecule has 0 saturated carbocycles. The SMILES string of the molecule is CCN(CC)c1ccc2c(C(C)C)cc(=S)oc2c1. The van der Waals surface area contributed by atoms with Gasteiger partial charge in [0.1, 0.15) is 5.58 Å². The zero-order valence-corrected chi connectivity index (χ0v) is 12.9. The molecule has 0 amide bonds. The summed E-state index contributed by atoms with van der Waals surface area (Å²) in [5, 5.41) is 1.17. The van der Waals surface area contributed by atoms with Crippen LogP contribution in [0.5, 0.6) is 0 Å². The molecule has 0 bridgehead atoms. The highest BCUT2D eigenvalue weighted by Crippen LogP contribution is 2.29. The summed E-state index contributed by atoms with van der Waals surface area (Å²) >= 11 is 5.23. The van der Waals surface area contributed by atoms with E-state index >= 15 is 0 Å². The molecular formula is C16H21NOS. The fourth-order valence-corrected chi connectivity index (χ4v) is 2.66. The van der Waals surface area contributed by atoms with Crippen molar-refractivity contribution in [2.24, 2.45) is 0 Å². The van der Waals surface area contributed by atoms with Crippen LogP contribution in [0.15, 0.2) is 28.7 Å². The Morgan fingerprint density at radius 2 is 1.84 bits per heavy atom. The lowest BCUT2D eigenvalue weighted by atomic mass is 9.99. The number of benzene rings is 1. The van der Waals surface area contributed by atoms with Crippen molar-refractivity contribution in [2.45, 2.75) is 33.6 Å². The van der Waals surface area contributed by atoms with E-state index in [0.717, 1.165) is 18.7 Å². The van der Waals surface area contributed by atoms with Gasteiger partial charge in [-0.1, -0.05) is 13.8 Å². The third kappa shape index (κ3) is 2.81. The lowest BCUT2D eigenvalue weighted by Gasteiger charge is -2.21. The van der Waals surface area contributed by atoms with Crippen molar-refractivity contribution >= 4 is 28.9 Å². The van der Waals surface area contributed by atoms with E-state index in [-0.39, 0.29) is 0 Å². The Kier molecular flexibility index (Phi) is 4.25. The van der Waals surface area contributed by atoms with E-state index in [4.69, 9.17) is 16.6 Å². The molecule has 19 heavy (non-hydrogen) atoms. The molecule has 0 N–H and O–H groups in total. The fourth-order valence-electron chi connectivity index (χ4n) is 2.44. The van der Waals surface area contributed by atoms with Gasteiger partial charge in [0.05, 0.1) is 0 Å². The van der Waals surface area contributed by atoms with E-state index in [0.29, 0.717) is 10.6 Å². The summed E-state index contributed by atoms with van der Waals surface area (Å²) < 4.78 is 6.28. The van der Waals surface area contributed by atoms with Gasteiger partial charge >= 0.3 is 0 Å². The van der Waals surface area contributed by atoms with Gasteiger partial charge in [-0.2, -0.15) is 0 Å². The van der Waals surface area contributed by atoms with Crippen molar-refractivity contribution in [3.05, 3.63) is 34.5 Å². The van der Waals surface area contributed by atoms with Gasteiger partial charge in [-0.15, -0.1) is 0 Å². The molecule has 0 unspecified atom stereocenters. The van der Waals surface area contributed by atoms with E-state index in [2.05, 4.69) is 50.8 Å². The van der Waals surface area contributed by atoms with Crippen molar-refractivity contribution in [2.75, 3.05) is 18.0 Å². The smallest absolute Gasteiger partial charge is 0.191 e. The Bertz CT molecular complexity index is 626. The molecule has 2 nitrogen and oxygen atoms in total. The average molecular weight is 275 g/mol. The van der Waals surface area contributed by atoms with Crippen LogP contribution in [0.1, 0.15) is 39.2 Å². The van der Waals surface area contributed by atoms with Crippen molar-refractivity contribution in [1.82, 2.24) is 0 Å². The predicted octanol–water partition coefficient (Wildman–Crippen LogP) is 5.13. The van der Waals surface area contributed by atoms with Crippen LogP contribution in [0, 0.1) is 4.71 Å². The molecule has 2 rings (SSSR count). The first-order chi connectivity index (χ1) is 9.06. The normalized spacial score (nSPS) is 11.2. The first kappa shape index (κ1) is 14.1. The van der Waals surface area contributed by atoms with Crippen LogP contribution >= 0.6 is 12.2 Å². The first-order valence-corrected chi connectivity index (χ1v) is 7.30. The van der Waals surface area contributed by atoms with Gasteiger partial charge in [0, 0.05) is 30.2 Å². The summed E-state index contributed by atoms with van der Waals surface area (Å²) in [4.78, 5) is 2.31.